The first-order valence-electron chi connectivity index (χ1n) is 6.67. The van der Waals surface area contributed by atoms with Crippen molar-refractivity contribution in [1.29, 1.82) is 0 Å². The largest absolute Gasteiger partial charge is 0.488 e. The maximum Gasteiger partial charge on any atom is 0.124 e. The summed E-state index contributed by atoms with van der Waals surface area (Å²) in [5.41, 5.74) is 1.20. The monoisotopic (exact) mass is 251 g/mol. The fourth-order valence-corrected chi connectivity index (χ4v) is 1.90. The zero-order valence-electron chi connectivity index (χ0n) is 11.9. The quantitative estimate of drug-likeness (QED) is 0.770. The topological polar surface area (TPSA) is 30.5 Å². The van der Waals surface area contributed by atoms with E-state index in [4.69, 9.17) is 9.47 Å². The highest BCUT2D eigenvalue weighted by atomic mass is 16.5. The lowest BCUT2D eigenvalue weighted by Gasteiger charge is -2.20. The number of methoxy groups -OCH3 is 1. The van der Waals surface area contributed by atoms with Crippen LogP contribution in [0, 0.1) is 0 Å². The Morgan fingerprint density at radius 3 is 2.61 bits per heavy atom. The van der Waals surface area contributed by atoms with Crippen LogP contribution in [-0.2, 0) is 4.74 Å². The lowest BCUT2D eigenvalue weighted by molar-refractivity contribution is 0.0910. The Hall–Kier alpha value is -1.06. The second-order valence-electron chi connectivity index (χ2n) is 4.60. The van der Waals surface area contributed by atoms with Crippen molar-refractivity contribution in [3.8, 4) is 5.75 Å². The molecule has 0 amide bonds. The molecule has 102 valence electrons. The lowest BCUT2D eigenvalue weighted by Crippen LogP contribution is -2.22. The molecule has 3 nitrogen and oxygen atoms in total. The van der Waals surface area contributed by atoms with Crippen LogP contribution >= 0.6 is 0 Å². The summed E-state index contributed by atoms with van der Waals surface area (Å²) in [6.07, 6.45) is 1.20. The van der Waals surface area contributed by atoms with Gasteiger partial charge in [0.25, 0.3) is 0 Å². The van der Waals surface area contributed by atoms with E-state index >= 15 is 0 Å². The molecule has 0 aliphatic rings. The van der Waals surface area contributed by atoms with Crippen LogP contribution in [0.3, 0.4) is 0 Å². The van der Waals surface area contributed by atoms with E-state index in [9.17, 15) is 0 Å². The van der Waals surface area contributed by atoms with Gasteiger partial charge in [0.15, 0.2) is 0 Å². The maximum absolute atomic E-state index is 5.92. The van der Waals surface area contributed by atoms with Gasteiger partial charge < -0.3 is 14.8 Å². The second-order valence-corrected chi connectivity index (χ2v) is 4.60. The van der Waals surface area contributed by atoms with Gasteiger partial charge in [-0.3, -0.25) is 0 Å². The summed E-state index contributed by atoms with van der Waals surface area (Å²) in [4.78, 5) is 0. The number of ether oxygens (including phenoxy) is 2. The molecule has 0 bridgehead atoms. The molecule has 0 saturated heterocycles. The Balaban J connectivity index is 2.72. The molecule has 0 fully saturated rings. The van der Waals surface area contributed by atoms with Crippen LogP contribution in [0.25, 0.3) is 0 Å². The molecule has 1 rings (SSSR count). The van der Waals surface area contributed by atoms with Crippen molar-refractivity contribution < 1.29 is 9.47 Å². The smallest absolute Gasteiger partial charge is 0.124 e. The molecule has 0 saturated carbocycles. The SMILES string of the molecule is CCCNC(C)c1ccccc1OC(C)COC. The Bertz CT molecular complexity index is 341. The Labute approximate surface area is 110 Å². The van der Waals surface area contributed by atoms with Crippen LogP contribution in [0.1, 0.15) is 38.8 Å². The molecule has 0 spiro atoms. The number of benzene rings is 1. The predicted octanol–water partition coefficient (Wildman–Crippen LogP) is 3.16. The van der Waals surface area contributed by atoms with Crippen LogP contribution in [0.5, 0.6) is 5.75 Å². The van der Waals surface area contributed by atoms with Gasteiger partial charge in [0.05, 0.1) is 6.61 Å². The number of rotatable bonds is 8. The highest BCUT2D eigenvalue weighted by Crippen LogP contribution is 2.25. The molecule has 0 radical (unpaired) electrons. The minimum absolute atomic E-state index is 0.0644. The van der Waals surface area contributed by atoms with Crippen molar-refractivity contribution in [2.45, 2.75) is 39.3 Å². The van der Waals surface area contributed by atoms with Gasteiger partial charge in [0, 0.05) is 18.7 Å². The minimum atomic E-state index is 0.0644. The van der Waals surface area contributed by atoms with Crippen molar-refractivity contribution in [2.75, 3.05) is 20.3 Å². The Morgan fingerprint density at radius 2 is 1.94 bits per heavy atom. The fraction of sp³-hybridized carbons (Fsp3) is 0.600. The number of para-hydroxylation sites is 1. The van der Waals surface area contributed by atoms with Crippen LogP contribution in [0.2, 0.25) is 0 Å². The molecule has 0 aliphatic heterocycles. The fourth-order valence-electron chi connectivity index (χ4n) is 1.90. The van der Waals surface area contributed by atoms with Crippen LogP contribution in [0.15, 0.2) is 24.3 Å². The Morgan fingerprint density at radius 1 is 1.22 bits per heavy atom. The first kappa shape index (κ1) is 15.0. The van der Waals surface area contributed by atoms with Crippen molar-refractivity contribution in [3.05, 3.63) is 29.8 Å². The van der Waals surface area contributed by atoms with Crippen LogP contribution in [-0.4, -0.2) is 26.4 Å². The molecular formula is C15H25NO2. The maximum atomic E-state index is 5.92. The van der Waals surface area contributed by atoms with E-state index in [0.29, 0.717) is 12.6 Å². The van der Waals surface area contributed by atoms with E-state index in [0.717, 1.165) is 18.7 Å². The zero-order valence-corrected chi connectivity index (χ0v) is 11.9. The lowest BCUT2D eigenvalue weighted by atomic mass is 10.1. The van der Waals surface area contributed by atoms with Gasteiger partial charge in [0.1, 0.15) is 11.9 Å². The Kier molecular flexibility index (Phi) is 6.76. The number of hydrogen-bond donors (Lipinski definition) is 1. The molecule has 18 heavy (non-hydrogen) atoms. The van der Waals surface area contributed by atoms with Gasteiger partial charge >= 0.3 is 0 Å². The van der Waals surface area contributed by atoms with Gasteiger partial charge in [-0.15, -0.1) is 0 Å². The summed E-state index contributed by atoms with van der Waals surface area (Å²) in [6, 6.07) is 8.49. The molecule has 1 N–H and O–H groups in total. The molecular weight excluding hydrogens is 226 g/mol. The van der Waals surface area contributed by atoms with Gasteiger partial charge in [-0.25, -0.2) is 0 Å². The predicted molar refractivity (Wildman–Crippen MR) is 75.1 cm³/mol. The summed E-state index contributed by atoms with van der Waals surface area (Å²) in [5.74, 6) is 0.943. The van der Waals surface area contributed by atoms with Gasteiger partial charge in [0.2, 0.25) is 0 Å². The van der Waals surface area contributed by atoms with E-state index in [1.165, 1.54) is 5.56 Å². The third kappa shape index (κ3) is 4.67. The minimum Gasteiger partial charge on any atom is -0.488 e. The van der Waals surface area contributed by atoms with E-state index in [2.05, 4.69) is 25.2 Å². The highest BCUT2D eigenvalue weighted by molar-refractivity contribution is 5.35. The summed E-state index contributed by atoms with van der Waals surface area (Å²) in [6.45, 7) is 7.97. The average Bonchev–Trinajstić information content (AvgIpc) is 2.37. The highest BCUT2D eigenvalue weighted by Gasteiger charge is 2.12. The van der Waals surface area contributed by atoms with E-state index in [-0.39, 0.29) is 6.10 Å². The molecule has 1 aromatic rings. The van der Waals surface area contributed by atoms with E-state index in [1.807, 2.05) is 25.1 Å². The summed E-state index contributed by atoms with van der Waals surface area (Å²) < 4.78 is 11.0. The summed E-state index contributed by atoms with van der Waals surface area (Å²) in [5, 5.41) is 3.48. The van der Waals surface area contributed by atoms with Crippen LogP contribution in [0.4, 0.5) is 0 Å². The normalized spacial score (nSPS) is 14.2. The van der Waals surface area contributed by atoms with E-state index < -0.39 is 0 Å². The second kappa shape index (κ2) is 8.11. The average molecular weight is 251 g/mol. The van der Waals surface area contributed by atoms with Crippen molar-refractivity contribution in [3.63, 3.8) is 0 Å². The van der Waals surface area contributed by atoms with Gasteiger partial charge in [-0.05, 0) is 32.9 Å². The molecule has 1 aromatic carbocycles. The van der Waals surface area contributed by atoms with Crippen molar-refractivity contribution >= 4 is 0 Å². The molecule has 0 heterocycles. The zero-order chi connectivity index (χ0) is 13.4. The molecule has 2 unspecified atom stereocenters. The molecule has 2 atom stereocenters. The first-order valence-corrected chi connectivity index (χ1v) is 6.67. The van der Waals surface area contributed by atoms with Gasteiger partial charge in [-0.1, -0.05) is 25.1 Å². The van der Waals surface area contributed by atoms with E-state index in [1.54, 1.807) is 7.11 Å². The third-order valence-corrected chi connectivity index (χ3v) is 2.82. The van der Waals surface area contributed by atoms with Crippen molar-refractivity contribution in [2.24, 2.45) is 0 Å². The number of nitrogens with one attached hydrogen (secondary N) is 1. The molecule has 0 aromatic heterocycles. The van der Waals surface area contributed by atoms with Crippen molar-refractivity contribution in [1.82, 2.24) is 5.32 Å². The molecule has 3 heteroatoms. The summed E-state index contributed by atoms with van der Waals surface area (Å²) in [7, 11) is 1.69. The first-order chi connectivity index (χ1) is 8.69. The third-order valence-electron chi connectivity index (χ3n) is 2.82. The number of hydrogen-bond acceptors (Lipinski definition) is 3. The molecule has 0 aliphatic carbocycles. The summed E-state index contributed by atoms with van der Waals surface area (Å²) >= 11 is 0. The van der Waals surface area contributed by atoms with Crippen LogP contribution < -0.4 is 10.1 Å². The standard InChI is InChI=1S/C15H25NO2/c1-5-10-16-13(3)14-8-6-7-9-15(14)18-12(2)11-17-4/h6-9,12-13,16H,5,10-11H2,1-4H3. The van der Waals surface area contributed by atoms with Gasteiger partial charge in [-0.2, -0.15) is 0 Å².